The summed E-state index contributed by atoms with van der Waals surface area (Å²) in [5.41, 5.74) is 2.54. The molecule has 3 rings (SSSR count). The zero-order valence-electron chi connectivity index (χ0n) is 13.4. The largest absolute Gasteiger partial charge is 0.353 e. The quantitative estimate of drug-likeness (QED) is 0.887. The van der Waals surface area contributed by atoms with Gasteiger partial charge < -0.3 is 5.32 Å². The molecule has 1 N–H and O–H groups in total. The summed E-state index contributed by atoms with van der Waals surface area (Å²) in [5, 5.41) is 3.26. The normalized spacial score (nSPS) is 20.3. The highest BCUT2D eigenvalue weighted by Crippen LogP contribution is 2.29. The summed E-state index contributed by atoms with van der Waals surface area (Å²) < 4.78 is 0. The molecule has 1 aliphatic rings. The topological polar surface area (TPSA) is 42.0 Å². The lowest BCUT2D eigenvalue weighted by Crippen LogP contribution is -2.38. The molecule has 0 aliphatic heterocycles. The predicted molar refractivity (Wildman–Crippen MR) is 92.0 cm³/mol. The Labute approximate surface area is 138 Å². The molecule has 1 aromatic carbocycles. The minimum Gasteiger partial charge on any atom is -0.353 e. The third-order valence-electron chi connectivity index (χ3n) is 4.74. The average Bonchev–Trinajstić information content (AvgIpc) is 3.02. The number of amides is 1. The summed E-state index contributed by atoms with van der Waals surface area (Å²) in [6.45, 7) is 0. The van der Waals surface area contributed by atoms with Gasteiger partial charge in [-0.1, -0.05) is 36.8 Å². The number of hydrogen-bond acceptors (Lipinski definition) is 2. The Morgan fingerprint density at radius 3 is 2.61 bits per heavy atom. The number of benzene rings is 1. The Morgan fingerprint density at radius 2 is 1.83 bits per heavy atom. The van der Waals surface area contributed by atoms with Crippen LogP contribution in [-0.4, -0.2) is 16.9 Å². The molecule has 3 heteroatoms. The number of carbonyl (C=O) groups excluding carboxylic acids is 1. The minimum absolute atomic E-state index is 0.173. The van der Waals surface area contributed by atoms with Crippen molar-refractivity contribution in [2.75, 3.05) is 0 Å². The van der Waals surface area contributed by atoms with Crippen molar-refractivity contribution in [3.8, 4) is 0 Å². The highest BCUT2D eigenvalue weighted by atomic mass is 16.1. The second-order valence-electron chi connectivity index (χ2n) is 6.41. The van der Waals surface area contributed by atoms with Gasteiger partial charge in [-0.2, -0.15) is 0 Å². The van der Waals surface area contributed by atoms with Gasteiger partial charge in [-0.25, -0.2) is 0 Å². The Kier molecular flexibility index (Phi) is 5.41. The predicted octanol–water partition coefficient (Wildman–Crippen LogP) is 3.54. The molecule has 2 atom stereocenters. The van der Waals surface area contributed by atoms with E-state index in [-0.39, 0.29) is 5.91 Å². The van der Waals surface area contributed by atoms with Crippen LogP contribution in [0.5, 0.6) is 0 Å². The van der Waals surface area contributed by atoms with Gasteiger partial charge in [0.15, 0.2) is 0 Å². The summed E-state index contributed by atoms with van der Waals surface area (Å²) in [5.74, 6) is 0.744. The van der Waals surface area contributed by atoms with Crippen molar-refractivity contribution < 1.29 is 4.79 Å². The molecule has 1 fully saturated rings. The lowest BCUT2D eigenvalue weighted by Gasteiger charge is -2.21. The van der Waals surface area contributed by atoms with E-state index in [1.807, 2.05) is 12.1 Å². The Balaban J connectivity index is 1.49. The van der Waals surface area contributed by atoms with Crippen molar-refractivity contribution in [2.24, 2.45) is 5.92 Å². The number of carbonyl (C=O) groups is 1. The van der Waals surface area contributed by atoms with Crippen LogP contribution in [0.1, 0.15) is 36.8 Å². The van der Waals surface area contributed by atoms with Crippen LogP contribution >= 0.6 is 0 Å². The molecule has 1 heterocycles. The SMILES string of the molecule is O=C(CCc1ccncc1)NC1CCCC1Cc1ccccc1. The lowest BCUT2D eigenvalue weighted by atomic mass is 9.94. The van der Waals surface area contributed by atoms with Crippen LogP contribution in [0, 0.1) is 5.92 Å². The molecule has 120 valence electrons. The second kappa shape index (κ2) is 7.91. The molecule has 23 heavy (non-hydrogen) atoms. The fourth-order valence-corrected chi connectivity index (χ4v) is 3.47. The number of nitrogens with one attached hydrogen (secondary N) is 1. The maximum atomic E-state index is 12.2. The van der Waals surface area contributed by atoms with E-state index in [0.29, 0.717) is 18.4 Å². The number of aryl methyl sites for hydroxylation is 1. The molecule has 1 amide bonds. The first kappa shape index (κ1) is 15.7. The van der Waals surface area contributed by atoms with Crippen LogP contribution in [0.25, 0.3) is 0 Å². The molecule has 3 nitrogen and oxygen atoms in total. The number of hydrogen-bond donors (Lipinski definition) is 1. The van der Waals surface area contributed by atoms with E-state index in [1.54, 1.807) is 12.4 Å². The van der Waals surface area contributed by atoms with Crippen molar-refractivity contribution in [1.29, 1.82) is 0 Å². The fraction of sp³-hybridized carbons (Fsp3) is 0.400. The van der Waals surface area contributed by atoms with Gasteiger partial charge >= 0.3 is 0 Å². The number of nitrogens with zero attached hydrogens (tertiary/aromatic N) is 1. The van der Waals surface area contributed by atoms with Crippen LogP contribution in [-0.2, 0) is 17.6 Å². The maximum absolute atomic E-state index is 12.2. The second-order valence-corrected chi connectivity index (χ2v) is 6.41. The Morgan fingerprint density at radius 1 is 1.04 bits per heavy atom. The van der Waals surface area contributed by atoms with Crippen LogP contribution in [0.4, 0.5) is 0 Å². The molecule has 0 saturated heterocycles. The summed E-state index contributed by atoms with van der Waals surface area (Å²) in [6, 6.07) is 14.9. The smallest absolute Gasteiger partial charge is 0.220 e. The Hall–Kier alpha value is -2.16. The molecule has 0 bridgehead atoms. The summed E-state index contributed by atoms with van der Waals surface area (Å²) in [7, 11) is 0. The van der Waals surface area contributed by atoms with E-state index < -0.39 is 0 Å². The van der Waals surface area contributed by atoms with Gasteiger partial charge in [-0.15, -0.1) is 0 Å². The average molecular weight is 308 g/mol. The molecular weight excluding hydrogens is 284 g/mol. The molecule has 2 unspecified atom stereocenters. The first-order chi connectivity index (χ1) is 11.3. The minimum atomic E-state index is 0.173. The number of pyridine rings is 1. The highest BCUT2D eigenvalue weighted by molar-refractivity contribution is 5.76. The standard InChI is InChI=1S/C20H24N2O/c23-20(10-9-16-11-13-21-14-12-16)22-19-8-4-7-18(19)15-17-5-2-1-3-6-17/h1-3,5-6,11-14,18-19H,4,7-10,15H2,(H,22,23). The fourth-order valence-electron chi connectivity index (χ4n) is 3.47. The van der Waals surface area contributed by atoms with Crippen molar-refractivity contribution in [3.63, 3.8) is 0 Å². The van der Waals surface area contributed by atoms with Gasteiger partial charge in [0.05, 0.1) is 0 Å². The number of rotatable bonds is 6. The van der Waals surface area contributed by atoms with Crippen LogP contribution in [0.15, 0.2) is 54.9 Å². The van der Waals surface area contributed by atoms with E-state index in [9.17, 15) is 4.79 Å². The van der Waals surface area contributed by atoms with E-state index in [1.165, 1.54) is 24.0 Å². The first-order valence-corrected chi connectivity index (χ1v) is 8.53. The molecular formula is C20H24N2O. The van der Waals surface area contributed by atoms with Gasteiger partial charge in [0, 0.05) is 24.9 Å². The third-order valence-corrected chi connectivity index (χ3v) is 4.74. The molecule has 2 aromatic rings. The summed E-state index contributed by atoms with van der Waals surface area (Å²) in [4.78, 5) is 16.2. The van der Waals surface area contributed by atoms with Crippen LogP contribution < -0.4 is 5.32 Å². The monoisotopic (exact) mass is 308 g/mol. The van der Waals surface area contributed by atoms with E-state index in [2.05, 4.69) is 40.6 Å². The van der Waals surface area contributed by atoms with Gasteiger partial charge in [-0.3, -0.25) is 9.78 Å². The van der Waals surface area contributed by atoms with Crippen LogP contribution in [0.3, 0.4) is 0 Å². The maximum Gasteiger partial charge on any atom is 0.220 e. The molecule has 0 radical (unpaired) electrons. The first-order valence-electron chi connectivity index (χ1n) is 8.53. The van der Waals surface area contributed by atoms with E-state index in [4.69, 9.17) is 0 Å². The van der Waals surface area contributed by atoms with E-state index >= 15 is 0 Å². The van der Waals surface area contributed by atoms with Crippen molar-refractivity contribution in [1.82, 2.24) is 10.3 Å². The van der Waals surface area contributed by atoms with Gasteiger partial charge in [0.2, 0.25) is 5.91 Å². The van der Waals surface area contributed by atoms with Crippen molar-refractivity contribution in [3.05, 3.63) is 66.0 Å². The van der Waals surface area contributed by atoms with Gasteiger partial charge in [0.1, 0.15) is 0 Å². The van der Waals surface area contributed by atoms with Crippen molar-refractivity contribution >= 4 is 5.91 Å². The lowest BCUT2D eigenvalue weighted by molar-refractivity contribution is -0.122. The zero-order valence-corrected chi connectivity index (χ0v) is 13.4. The Bertz CT molecular complexity index is 612. The van der Waals surface area contributed by atoms with Crippen LogP contribution in [0.2, 0.25) is 0 Å². The van der Waals surface area contributed by atoms with Gasteiger partial charge in [0.25, 0.3) is 0 Å². The molecule has 1 aromatic heterocycles. The zero-order chi connectivity index (χ0) is 15.9. The van der Waals surface area contributed by atoms with Gasteiger partial charge in [-0.05, 0) is 54.9 Å². The summed E-state index contributed by atoms with van der Waals surface area (Å²) in [6.07, 6.45) is 9.49. The highest BCUT2D eigenvalue weighted by Gasteiger charge is 2.28. The third kappa shape index (κ3) is 4.65. The van der Waals surface area contributed by atoms with E-state index in [0.717, 1.165) is 19.3 Å². The molecule has 0 spiro atoms. The molecule has 1 aliphatic carbocycles. The van der Waals surface area contributed by atoms with Crippen molar-refractivity contribution in [2.45, 2.75) is 44.6 Å². The summed E-state index contributed by atoms with van der Waals surface area (Å²) >= 11 is 0. The molecule has 1 saturated carbocycles. The number of aromatic nitrogens is 1.